The Kier molecular flexibility index (Phi) is 31.5. The summed E-state index contributed by atoms with van der Waals surface area (Å²) in [6.07, 6.45) is -11.3. The van der Waals surface area contributed by atoms with E-state index in [1.807, 2.05) is 0 Å². The number of aliphatic hydroxyl groups is 12. The predicted molar refractivity (Wildman–Crippen MR) is 305 cm³/mol. The third kappa shape index (κ3) is 20.9. The van der Waals surface area contributed by atoms with E-state index in [2.05, 4.69) is 45.7 Å². The topological polar surface area (TPSA) is 453 Å². The number of rotatable bonds is 33. The van der Waals surface area contributed by atoms with Gasteiger partial charge in [0.2, 0.25) is 29.5 Å². The zero-order valence-electron chi connectivity index (χ0n) is 50.7. The molecule has 0 spiro atoms. The second kappa shape index (κ2) is 37.0. The van der Waals surface area contributed by atoms with Gasteiger partial charge in [-0.1, -0.05) is 70.4 Å². The average molecular weight is 1250 g/mol. The predicted octanol–water partition coefficient (Wildman–Crippen LogP) is -3.86. The van der Waals surface area contributed by atoms with Gasteiger partial charge >= 0.3 is 0 Å². The van der Waals surface area contributed by atoms with Gasteiger partial charge < -0.3 is 121 Å². The van der Waals surface area contributed by atoms with Crippen LogP contribution in [0.5, 0.6) is 0 Å². The lowest BCUT2D eigenvalue weighted by atomic mass is 9.78. The summed E-state index contributed by atoms with van der Waals surface area (Å²) in [6, 6.07) is -7.38. The third-order valence-corrected chi connectivity index (χ3v) is 17.0. The number of ether oxygens (including phenoxy) is 7. The fourth-order valence-corrected chi connectivity index (χ4v) is 12.5. The minimum atomic E-state index is -1.89. The Morgan fingerprint density at radius 3 is 1.24 bits per heavy atom. The number of hydrogen-bond donors (Lipinski definition) is 17. The zero-order valence-corrected chi connectivity index (χ0v) is 50.7. The van der Waals surface area contributed by atoms with Crippen molar-refractivity contribution in [2.24, 2.45) is 11.8 Å². The van der Waals surface area contributed by atoms with E-state index in [1.165, 1.54) is 25.7 Å². The Morgan fingerprint density at radius 2 is 0.793 bits per heavy atom. The molecule has 2 saturated carbocycles. The fraction of sp³-hybridized carbons (Fsp3) is 0.879. The molecule has 5 aliphatic rings. The fourth-order valence-electron chi connectivity index (χ4n) is 12.5. The minimum Gasteiger partial charge on any atom is -0.396 e. The molecule has 17 N–H and O–H groups in total. The van der Waals surface area contributed by atoms with Gasteiger partial charge in [0, 0.05) is 59.2 Å². The van der Waals surface area contributed by atoms with Crippen LogP contribution in [0.25, 0.3) is 0 Å². The summed E-state index contributed by atoms with van der Waals surface area (Å²) in [7, 11) is 0. The first-order valence-electron chi connectivity index (χ1n) is 31.0. The molecular weight excluding hydrogens is 1150 g/mol. The van der Waals surface area contributed by atoms with Crippen LogP contribution in [0.1, 0.15) is 137 Å². The Balaban J connectivity index is 1.28. The third-order valence-electron chi connectivity index (χ3n) is 17.0. The molecule has 3 saturated heterocycles. The number of hydrogen-bond acceptors (Lipinski definition) is 24. The van der Waals surface area contributed by atoms with Crippen LogP contribution in [-0.4, -0.2) is 264 Å². The summed E-state index contributed by atoms with van der Waals surface area (Å²) in [5, 5.41) is 146. The summed E-state index contributed by atoms with van der Waals surface area (Å²) in [5.74, 6) is -5.50. The van der Waals surface area contributed by atoms with Gasteiger partial charge in [-0.3, -0.25) is 24.0 Å². The molecule has 3 aliphatic heterocycles. The van der Waals surface area contributed by atoms with Crippen LogP contribution in [0.2, 0.25) is 0 Å². The first-order chi connectivity index (χ1) is 41.5. The molecule has 29 nitrogen and oxygen atoms in total. The normalized spacial score (nSPS) is 38.1. The van der Waals surface area contributed by atoms with Crippen molar-refractivity contribution in [1.82, 2.24) is 26.6 Å². The maximum Gasteiger partial charge on any atom is 0.220 e. The van der Waals surface area contributed by atoms with Crippen LogP contribution in [0.4, 0.5) is 0 Å². The smallest absolute Gasteiger partial charge is 0.220 e. The van der Waals surface area contributed by atoms with Gasteiger partial charge in [0.15, 0.2) is 18.9 Å². The number of nitrogens with one attached hydrogen (secondary N) is 5. The van der Waals surface area contributed by atoms with Crippen molar-refractivity contribution in [1.29, 1.82) is 0 Å². The molecule has 0 aromatic carbocycles. The molecule has 87 heavy (non-hydrogen) atoms. The monoisotopic (exact) mass is 1250 g/mol. The van der Waals surface area contributed by atoms with E-state index in [9.17, 15) is 85.3 Å². The largest absolute Gasteiger partial charge is 0.396 e. The molecule has 5 amide bonds. The standard InChI is InChI=1S/C58H101N5O24/c1-6-7-8-9-10-11-12-13-14-15-16-17-18-19-20-21-40(73)63-44-47(75)46(74)37(26-66)84-57(44)86-52-33(24-64)23-36(42(48(52)76)60-30(3)70)82-55-39(28-68)85-58(45(51(55)79)62-32(5)72)87-53-34(25-65)22-35(41(49(53)77)59-29(2)69)81-54-38(27-67)83-56(80)43(50(54)78)61-31(4)71/h11-12,33-39,41-58,64-68,74-80H,6-10,13-28H2,1-5H3,(H,59,69)(H,60,70)(H,61,71)(H,62,72)(H,63,73)/b12-11-. The average Bonchev–Trinajstić information content (AvgIpc) is 1.10. The van der Waals surface area contributed by atoms with Gasteiger partial charge in [0.05, 0.1) is 56.3 Å². The molecule has 29 heteroatoms. The van der Waals surface area contributed by atoms with Crippen LogP contribution in [0, 0.1) is 11.8 Å². The molecule has 25 unspecified atom stereocenters. The summed E-state index contributed by atoms with van der Waals surface area (Å²) in [6.45, 7) is 2.73. The number of allylic oxidation sites excluding steroid dienone is 2. The number of carbonyl (C=O) groups excluding carboxylic acids is 5. The van der Waals surface area contributed by atoms with E-state index in [0.29, 0.717) is 6.42 Å². The highest BCUT2D eigenvalue weighted by atomic mass is 16.7. The van der Waals surface area contributed by atoms with E-state index >= 15 is 0 Å². The van der Waals surface area contributed by atoms with Gasteiger partial charge in [0.1, 0.15) is 85.3 Å². The van der Waals surface area contributed by atoms with E-state index in [-0.39, 0.29) is 19.3 Å². The van der Waals surface area contributed by atoms with Crippen LogP contribution < -0.4 is 26.6 Å². The van der Waals surface area contributed by atoms with Crippen LogP contribution in [0.3, 0.4) is 0 Å². The second-order valence-corrected chi connectivity index (χ2v) is 23.8. The van der Waals surface area contributed by atoms with E-state index < -0.39 is 215 Å². The van der Waals surface area contributed by atoms with Gasteiger partial charge in [-0.05, 0) is 44.9 Å². The molecule has 3 heterocycles. The van der Waals surface area contributed by atoms with Crippen molar-refractivity contribution in [3.8, 4) is 0 Å². The molecule has 5 fully saturated rings. The van der Waals surface area contributed by atoms with E-state index in [4.69, 9.17) is 33.2 Å². The lowest BCUT2D eigenvalue weighted by Crippen LogP contribution is -2.70. The SMILES string of the molecule is CCCCCC/C=C\CCCCCCCCCC(=O)NC1C(OC2C(CO)CC(OC3C(CO)OC(OC4C(CO)CC(OC5C(CO)OC(O)C(NC(C)=O)C5O)C(NC(C)=O)C4O)C(NC(C)=O)C3O)C(NC(C)=O)C2O)OC(CO)C(O)C1O. The Bertz CT molecular complexity index is 2120. The van der Waals surface area contributed by atoms with Crippen LogP contribution in [-0.2, 0) is 57.1 Å². The van der Waals surface area contributed by atoms with Crippen molar-refractivity contribution in [2.45, 2.75) is 278 Å². The highest BCUT2D eigenvalue weighted by Gasteiger charge is 2.57. The first-order valence-corrected chi connectivity index (χ1v) is 31.0. The number of amides is 5. The molecular formula is C58H101N5O24. The molecule has 5 rings (SSSR count). The summed E-state index contributed by atoms with van der Waals surface area (Å²) >= 11 is 0. The van der Waals surface area contributed by atoms with Crippen molar-refractivity contribution in [3.63, 3.8) is 0 Å². The Hall–Kier alpha value is -3.67. The molecule has 0 aromatic heterocycles. The van der Waals surface area contributed by atoms with Crippen LogP contribution >= 0.6 is 0 Å². The summed E-state index contributed by atoms with van der Waals surface area (Å²) < 4.78 is 42.8. The quantitative estimate of drug-likeness (QED) is 0.0221. The van der Waals surface area contributed by atoms with Gasteiger partial charge in [-0.15, -0.1) is 0 Å². The van der Waals surface area contributed by atoms with Gasteiger partial charge in [-0.2, -0.15) is 0 Å². The number of unbranched alkanes of at least 4 members (excludes halogenated alkanes) is 11. The highest BCUT2D eigenvalue weighted by Crippen LogP contribution is 2.39. The summed E-state index contributed by atoms with van der Waals surface area (Å²) in [4.78, 5) is 63.8. The van der Waals surface area contributed by atoms with E-state index in [1.54, 1.807) is 0 Å². The van der Waals surface area contributed by atoms with Crippen molar-refractivity contribution in [2.75, 3.05) is 33.0 Å². The zero-order chi connectivity index (χ0) is 64.1. The van der Waals surface area contributed by atoms with Crippen molar-refractivity contribution >= 4 is 29.5 Å². The Labute approximate surface area is 508 Å². The van der Waals surface area contributed by atoms with Crippen molar-refractivity contribution < 1.29 is 118 Å². The molecule has 0 radical (unpaired) electrons. The Morgan fingerprint density at radius 1 is 0.414 bits per heavy atom. The minimum absolute atomic E-state index is 0.0589. The van der Waals surface area contributed by atoms with Gasteiger partial charge in [-0.25, -0.2) is 0 Å². The molecule has 502 valence electrons. The maximum atomic E-state index is 13.4. The molecule has 0 bridgehead atoms. The maximum absolute atomic E-state index is 13.4. The lowest BCUT2D eigenvalue weighted by molar-refractivity contribution is -0.322. The lowest BCUT2D eigenvalue weighted by Gasteiger charge is -2.51. The molecule has 0 aromatic rings. The van der Waals surface area contributed by atoms with Crippen molar-refractivity contribution in [3.05, 3.63) is 12.2 Å². The highest BCUT2D eigenvalue weighted by molar-refractivity contribution is 5.76. The first kappa shape index (κ1) is 74.1. The summed E-state index contributed by atoms with van der Waals surface area (Å²) in [5.41, 5.74) is 0. The molecule has 25 atom stereocenters. The number of carbonyl (C=O) groups is 5. The second-order valence-electron chi connectivity index (χ2n) is 23.8. The van der Waals surface area contributed by atoms with Gasteiger partial charge in [0.25, 0.3) is 0 Å². The van der Waals surface area contributed by atoms with E-state index in [0.717, 1.165) is 79.1 Å². The number of aliphatic hydroxyl groups excluding tert-OH is 12. The molecule has 2 aliphatic carbocycles. The van der Waals surface area contributed by atoms with Crippen LogP contribution in [0.15, 0.2) is 12.2 Å².